The number of aliphatic carboxylic acids is 1. The average Bonchev–Trinajstić information content (AvgIpc) is 2.22. The van der Waals surface area contributed by atoms with Crippen molar-refractivity contribution in [1.82, 2.24) is 10.2 Å². The van der Waals surface area contributed by atoms with Crippen LogP contribution in [0.4, 0.5) is 4.79 Å². The first-order valence-electron chi connectivity index (χ1n) is 5.43. The van der Waals surface area contributed by atoms with Gasteiger partial charge in [-0.3, -0.25) is 9.00 Å². The van der Waals surface area contributed by atoms with E-state index in [4.69, 9.17) is 9.84 Å². The van der Waals surface area contributed by atoms with Crippen LogP contribution in [0, 0.1) is 0 Å². The first-order valence-corrected chi connectivity index (χ1v) is 7.15. The Morgan fingerprint density at radius 1 is 1.50 bits per heavy atom. The molecule has 0 aromatic heterocycles. The van der Waals surface area contributed by atoms with Crippen LogP contribution >= 0.6 is 0 Å². The predicted octanol–water partition coefficient (Wildman–Crippen LogP) is -0.504. The maximum Gasteiger partial charge on any atom is 0.323 e. The number of nitrogens with zero attached hydrogens (tertiary/aromatic N) is 1. The Balaban J connectivity index is 4.35. The van der Waals surface area contributed by atoms with E-state index >= 15 is 0 Å². The van der Waals surface area contributed by atoms with E-state index in [0.717, 1.165) is 4.90 Å². The average molecular weight is 280 g/mol. The summed E-state index contributed by atoms with van der Waals surface area (Å²) in [5, 5.41) is 11.3. The first-order chi connectivity index (χ1) is 8.36. The Bertz CT molecular complexity index is 311. The van der Waals surface area contributed by atoms with Crippen LogP contribution in [0.15, 0.2) is 0 Å². The molecular formula is C10H20N2O5S. The fourth-order valence-electron chi connectivity index (χ4n) is 1.31. The summed E-state index contributed by atoms with van der Waals surface area (Å²) in [6.07, 6.45) is 1.54. The van der Waals surface area contributed by atoms with Crippen molar-refractivity contribution in [2.24, 2.45) is 0 Å². The van der Waals surface area contributed by atoms with Crippen molar-refractivity contribution < 1.29 is 23.6 Å². The van der Waals surface area contributed by atoms with Crippen LogP contribution in [-0.2, 0) is 20.3 Å². The van der Waals surface area contributed by atoms with Crippen molar-refractivity contribution in [1.29, 1.82) is 0 Å². The van der Waals surface area contributed by atoms with Crippen LogP contribution in [0.5, 0.6) is 0 Å². The summed E-state index contributed by atoms with van der Waals surface area (Å²) in [7, 11) is 0.456. The quantitative estimate of drug-likeness (QED) is 0.624. The normalized spacial score (nSPS) is 13.7. The summed E-state index contributed by atoms with van der Waals surface area (Å²) in [6, 6.07) is -0.769. The second kappa shape index (κ2) is 8.87. The molecule has 18 heavy (non-hydrogen) atoms. The Labute approximate surface area is 109 Å². The predicted molar refractivity (Wildman–Crippen MR) is 68.0 cm³/mol. The highest BCUT2D eigenvalue weighted by Crippen LogP contribution is 1.94. The van der Waals surface area contributed by atoms with Crippen LogP contribution in [0.25, 0.3) is 0 Å². The van der Waals surface area contributed by atoms with E-state index in [9.17, 15) is 13.8 Å². The third kappa shape index (κ3) is 8.02. The number of amides is 2. The zero-order valence-corrected chi connectivity index (χ0v) is 11.7. The molecule has 0 rings (SSSR count). The van der Waals surface area contributed by atoms with Gasteiger partial charge in [-0.2, -0.15) is 0 Å². The maximum absolute atomic E-state index is 11.8. The number of carbonyl (C=O) groups excluding carboxylic acids is 1. The minimum Gasteiger partial charge on any atom is -0.480 e. The van der Waals surface area contributed by atoms with Gasteiger partial charge in [-0.25, -0.2) is 4.79 Å². The Hall–Kier alpha value is -1.15. The van der Waals surface area contributed by atoms with Crippen LogP contribution in [0.1, 0.15) is 6.92 Å². The van der Waals surface area contributed by atoms with Crippen LogP contribution in [0.3, 0.4) is 0 Å². The number of hydrogen-bond acceptors (Lipinski definition) is 4. The second-order valence-corrected chi connectivity index (χ2v) is 5.38. The highest BCUT2D eigenvalue weighted by atomic mass is 32.2. The van der Waals surface area contributed by atoms with Crippen molar-refractivity contribution in [3.8, 4) is 0 Å². The number of rotatable bonds is 8. The van der Waals surface area contributed by atoms with E-state index in [1.807, 2.05) is 0 Å². The molecule has 0 aliphatic carbocycles. The molecule has 2 amide bonds. The maximum atomic E-state index is 11.8. The number of carboxylic acids is 1. The van der Waals surface area contributed by atoms with E-state index in [0.29, 0.717) is 5.75 Å². The molecule has 8 heteroatoms. The molecule has 0 aliphatic heterocycles. The first kappa shape index (κ1) is 16.9. The number of ether oxygens (including phenoxy) is 1. The van der Waals surface area contributed by atoms with Gasteiger partial charge in [0.1, 0.15) is 6.54 Å². The Morgan fingerprint density at radius 2 is 2.11 bits per heavy atom. The van der Waals surface area contributed by atoms with Gasteiger partial charge < -0.3 is 20.1 Å². The monoisotopic (exact) mass is 280 g/mol. The third-order valence-corrected chi connectivity index (χ3v) is 3.00. The molecule has 2 atom stereocenters. The molecule has 0 aliphatic rings. The molecule has 7 nitrogen and oxygen atoms in total. The highest BCUT2D eigenvalue weighted by Gasteiger charge is 2.18. The molecule has 0 radical (unpaired) electrons. The van der Waals surface area contributed by atoms with E-state index in [2.05, 4.69) is 5.32 Å². The van der Waals surface area contributed by atoms with Gasteiger partial charge in [-0.1, -0.05) is 0 Å². The summed E-state index contributed by atoms with van der Waals surface area (Å²) in [4.78, 5) is 23.5. The standard InChI is InChI=1S/C10H20N2O5S/c1-8(7-18(3)16)11-10(15)12(4-5-17-2)6-9(13)14/h8H,4-7H2,1-3H3,(H,11,15)(H,13,14). The summed E-state index contributed by atoms with van der Waals surface area (Å²) in [6.45, 7) is 1.77. The zero-order chi connectivity index (χ0) is 14.1. The van der Waals surface area contributed by atoms with Gasteiger partial charge in [0, 0.05) is 42.5 Å². The molecule has 106 valence electrons. The van der Waals surface area contributed by atoms with Crippen LogP contribution in [-0.4, -0.2) is 71.1 Å². The lowest BCUT2D eigenvalue weighted by Crippen LogP contribution is -2.48. The topological polar surface area (TPSA) is 95.9 Å². The number of nitrogens with one attached hydrogen (secondary N) is 1. The lowest BCUT2D eigenvalue weighted by atomic mass is 10.4. The Kier molecular flexibility index (Phi) is 8.30. The van der Waals surface area contributed by atoms with Crippen LogP contribution in [0.2, 0.25) is 0 Å². The molecule has 0 bridgehead atoms. The van der Waals surface area contributed by atoms with Gasteiger partial charge in [-0.05, 0) is 6.92 Å². The second-order valence-electron chi connectivity index (χ2n) is 3.90. The van der Waals surface area contributed by atoms with Crippen molar-refractivity contribution in [3.63, 3.8) is 0 Å². The lowest BCUT2D eigenvalue weighted by Gasteiger charge is -2.23. The molecule has 0 fully saturated rings. The number of urea groups is 1. The van der Waals surface area contributed by atoms with Gasteiger partial charge in [0.25, 0.3) is 0 Å². The van der Waals surface area contributed by atoms with E-state index in [-0.39, 0.29) is 19.2 Å². The molecule has 0 aromatic rings. The number of carbonyl (C=O) groups is 2. The molecule has 0 heterocycles. The molecule has 0 spiro atoms. The SMILES string of the molecule is COCCN(CC(=O)O)C(=O)NC(C)CS(C)=O. The molecule has 0 saturated carbocycles. The fourth-order valence-corrected chi connectivity index (χ4v) is 2.10. The zero-order valence-electron chi connectivity index (χ0n) is 10.8. The van der Waals surface area contributed by atoms with Gasteiger partial charge in [0.2, 0.25) is 0 Å². The third-order valence-electron chi connectivity index (χ3n) is 2.03. The summed E-state index contributed by atoms with van der Waals surface area (Å²) in [5.74, 6) is -0.760. The molecule has 0 aromatic carbocycles. The van der Waals surface area contributed by atoms with E-state index < -0.39 is 29.3 Å². The molecule has 2 N–H and O–H groups in total. The van der Waals surface area contributed by atoms with Gasteiger partial charge in [0.15, 0.2) is 0 Å². The van der Waals surface area contributed by atoms with Crippen molar-refractivity contribution in [2.45, 2.75) is 13.0 Å². The molecule has 2 unspecified atom stereocenters. The highest BCUT2D eigenvalue weighted by molar-refractivity contribution is 7.84. The summed E-state index contributed by atoms with van der Waals surface area (Å²) in [5.41, 5.74) is 0. The summed E-state index contributed by atoms with van der Waals surface area (Å²) < 4.78 is 15.8. The Morgan fingerprint density at radius 3 is 2.56 bits per heavy atom. The van der Waals surface area contributed by atoms with Crippen LogP contribution < -0.4 is 5.32 Å². The molecule has 0 saturated heterocycles. The smallest absolute Gasteiger partial charge is 0.323 e. The summed E-state index contributed by atoms with van der Waals surface area (Å²) >= 11 is 0. The molecular weight excluding hydrogens is 260 g/mol. The van der Waals surface area contributed by atoms with Gasteiger partial charge in [0.05, 0.1) is 6.61 Å². The fraction of sp³-hybridized carbons (Fsp3) is 0.800. The van der Waals surface area contributed by atoms with Gasteiger partial charge >= 0.3 is 12.0 Å². The van der Waals surface area contributed by atoms with E-state index in [1.165, 1.54) is 7.11 Å². The van der Waals surface area contributed by atoms with Crippen molar-refractivity contribution in [2.75, 3.05) is 38.8 Å². The number of hydrogen-bond donors (Lipinski definition) is 2. The number of methoxy groups -OCH3 is 1. The minimum absolute atomic E-state index is 0.191. The largest absolute Gasteiger partial charge is 0.480 e. The van der Waals surface area contributed by atoms with E-state index in [1.54, 1.807) is 13.2 Å². The van der Waals surface area contributed by atoms with Crippen molar-refractivity contribution in [3.05, 3.63) is 0 Å². The lowest BCUT2D eigenvalue weighted by molar-refractivity contribution is -0.137. The van der Waals surface area contributed by atoms with Gasteiger partial charge in [-0.15, -0.1) is 0 Å². The number of carboxylic acid groups (broad SMARTS) is 1. The minimum atomic E-state index is -1.09. The van der Waals surface area contributed by atoms with Crippen molar-refractivity contribution >= 4 is 22.8 Å².